The number of likely N-dealkylation sites (tertiary alicyclic amines) is 1. The molecule has 6 heteroatoms. The van der Waals surface area contributed by atoms with E-state index >= 15 is 0 Å². The van der Waals surface area contributed by atoms with Gasteiger partial charge in [-0.1, -0.05) is 0 Å². The number of aliphatic hydroxyl groups is 1. The maximum absolute atomic E-state index is 11.9. The van der Waals surface area contributed by atoms with Gasteiger partial charge in [-0.3, -0.25) is 4.79 Å². The molecule has 0 radical (unpaired) electrons. The number of β-amino-alcohol motifs (C(OH)–C–C–N with tert-alkyl or cyclic N) is 1. The van der Waals surface area contributed by atoms with Crippen molar-refractivity contribution in [1.29, 1.82) is 0 Å². The molecule has 6 nitrogen and oxygen atoms in total. The number of amides is 1. The van der Waals surface area contributed by atoms with Crippen molar-refractivity contribution in [2.45, 2.75) is 45.8 Å². The molecule has 2 atom stereocenters. The molecule has 0 saturated carbocycles. The van der Waals surface area contributed by atoms with Gasteiger partial charge >= 0.3 is 12.1 Å². The molecule has 19 heavy (non-hydrogen) atoms. The Hall–Kier alpha value is -1.30. The van der Waals surface area contributed by atoms with Gasteiger partial charge in [-0.2, -0.15) is 0 Å². The molecule has 1 saturated heterocycles. The van der Waals surface area contributed by atoms with Gasteiger partial charge in [-0.25, -0.2) is 4.79 Å². The van der Waals surface area contributed by atoms with Crippen LogP contribution in [0.2, 0.25) is 0 Å². The molecule has 0 spiro atoms. The van der Waals surface area contributed by atoms with Crippen LogP contribution in [0.4, 0.5) is 4.79 Å². The summed E-state index contributed by atoms with van der Waals surface area (Å²) in [6, 6.07) is 0. The third-order valence-electron chi connectivity index (χ3n) is 2.70. The summed E-state index contributed by atoms with van der Waals surface area (Å²) in [5, 5.41) is 9.76. The molecule has 0 aliphatic carbocycles. The van der Waals surface area contributed by atoms with E-state index in [4.69, 9.17) is 9.47 Å². The van der Waals surface area contributed by atoms with E-state index in [0.717, 1.165) is 0 Å². The second kappa shape index (κ2) is 6.23. The lowest BCUT2D eigenvalue weighted by Crippen LogP contribution is -2.50. The van der Waals surface area contributed by atoms with Crippen molar-refractivity contribution in [3.8, 4) is 0 Å². The quantitative estimate of drug-likeness (QED) is 0.764. The molecule has 0 unspecified atom stereocenters. The highest BCUT2D eigenvalue weighted by Crippen LogP contribution is 2.20. The number of hydrogen-bond acceptors (Lipinski definition) is 5. The molecule has 0 aromatic rings. The normalized spacial score (nSPS) is 23.9. The monoisotopic (exact) mass is 273 g/mol. The van der Waals surface area contributed by atoms with E-state index in [9.17, 15) is 14.7 Å². The molecule has 110 valence electrons. The summed E-state index contributed by atoms with van der Waals surface area (Å²) in [6.45, 7) is 7.74. The fourth-order valence-electron chi connectivity index (χ4n) is 1.98. The minimum atomic E-state index is -0.726. The molecule has 0 aromatic carbocycles. The minimum absolute atomic E-state index is 0.185. The van der Waals surface area contributed by atoms with E-state index in [1.54, 1.807) is 27.7 Å². The van der Waals surface area contributed by atoms with Crippen LogP contribution in [0.1, 0.15) is 34.1 Å². The predicted molar refractivity (Wildman–Crippen MR) is 68.6 cm³/mol. The predicted octanol–water partition coefficient (Wildman–Crippen LogP) is 1.17. The molecule has 1 rings (SSSR count). The first kappa shape index (κ1) is 15.8. The average Bonchev–Trinajstić information content (AvgIpc) is 2.26. The van der Waals surface area contributed by atoms with Gasteiger partial charge in [0.1, 0.15) is 5.60 Å². The minimum Gasteiger partial charge on any atom is -0.466 e. The average molecular weight is 273 g/mol. The summed E-state index contributed by atoms with van der Waals surface area (Å²) >= 11 is 0. The zero-order chi connectivity index (χ0) is 14.6. The van der Waals surface area contributed by atoms with Crippen molar-refractivity contribution in [1.82, 2.24) is 4.90 Å². The Balaban J connectivity index is 2.64. The molecule has 1 fully saturated rings. The SMILES string of the molecule is CCOC(=O)[C@@H]1C[C@H](O)CN(C(=O)OC(C)(C)C)C1. The van der Waals surface area contributed by atoms with Gasteiger partial charge in [0.05, 0.1) is 18.6 Å². The summed E-state index contributed by atoms with van der Waals surface area (Å²) in [4.78, 5) is 25.0. The van der Waals surface area contributed by atoms with Crippen LogP contribution >= 0.6 is 0 Å². The molecule has 1 aliphatic heterocycles. The van der Waals surface area contributed by atoms with Gasteiger partial charge < -0.3 is 19.5 Å². The summed E-state index contributed by atoms with van der Waals surface area (Å²) in [5.74, 6) is -0.869. The van der Waals surface area contributed by atoms with Crippen LogP contribution in [0.15, 0.2) is 0 Å². The Morgan fingerprint density at radius 1 is 1.32 bits per heavy atom. The molecule has 1 N–H and O–H groups in total. The molecule has 0 bridgehead atoms. The van der Waals surface area contributed by atoms with Crippen LogP contribution in [0.25, 0.3) is 0 Å². The smallest absolute Gasteiger partial charge is 0.410 e. The Labute approximate surface area is 113 Å². The standard InChI is InChI=1S/C13H23NO5/c1-5-18-11(16)9-6-10(15)8-14(7-9)12(17)19-13(2,3)4/h9-10,15H,5-8H2,1-4H3/t9-,10+/m1/s1. The molecular weight excluding hydrogens is 250 g/mol. The first-order valence-electron chi connectivity index (χ1n) is 6.55. The molecule has 1 heterocycles. The van der Waals surface area contributed by atoms with Crippen LogP contribution in [0.5, 0.6) is 0 Å². The number of ether oxygens (including phenoxy) is 2. The van der Waals surface area contributed by atoms with Crippen molar-refractivity contribution in [3.05, 3.63) is 0 Å². The van der Waals surface area contributed by atoms with Crippen LogP contribution < -0.4 is 0 Å². The van der Waals surface area contributed by atoms with Crippen LogP contribution in [0, 0.1) is 5.92 Å². The Morgan fingerprint density at radius 3 is 2.47 bits per heavy atom. The van der Waals surface area contributed by atoms with Crippen molar-refractivity contribution < 1.29 is 24.2 Å². The lowest BCUT2D eigenvalue weighted by atomic mass is 9.96. The van der Waals surface area contributed by atoms with Crippen LogP contribution in [-0.4, -0.2) is 53.5 Å². The van der Waals surface area contributed by atoms with E-state index in [1.165, 1.54) is 4.90 Å². The molecule has 1 aliphatic rings. The van der Waals surface area contributed by atoms with Crippen molar-refractivity contribution in [3.63, 3.8) is 0 Å². The van der Waals surface area contributed by atoms with Gasteiger partial charge in [0, 0.05) is 13.1 Å². The second-order valence-electron chi connectivity index (χ2n) is 5.72. The zero-order valence-corrected chi connectivity index (χ0v) is 12.0. The zero-order valence-electron chi connectivity index (χ0n) is 12.0. The number of piperidine rings is 1. The van der Waals surface area contributed by atoms with Crippen molar-refractivity contribution in [2.75, 3.05) is 19.7 Å². The Bertz CT molecular complexity index is 336. The summed E-state index contributed by atoms with van der Waals surface area (Å²) in [5.41, 5.74) is -0.598. The van der Waals surface area contributed by atoms with E-state index in [2.05, 4.69) is 0 Å². The largest absolute Gasteiger partial charge is 0.466 e. The van der Waals surface area contributed by atoms with Gasteiger partial charge in [0.2, 0.25) is 0 Å². The number of rotatable bonds is 2. The first-order chi connectivity index (χ1) is 8.73. The molecular formula is C13H23NO5. The van der Waals surface area contributed by atoms with E-state index in [0.29, 0.717) is 6.42 Å². The van der Waals surface area contributed by atoms with Gasteiger partial charge in [0.25, 0.3) is 0 Å². The van der Waals surface area contributed by atoms with Gasteiger partial charge in [0.15, 0.2) is 0 Å². The van der Waals surface area contributed by atoms with E-state index in [-0.39, 0.29) is 25.7 Å². The topological polar surface area (TPSA) is 76.1 Å². The third kappa shape index (κ3) is 5.06. The second-order valence-corrected chi connectivity index (χ2v) is 5.72. The Kier molecular flexibility index (Phi) is 5.17. The third-order valence-corrected chi connectivity index (χ3v) is 2.70. The number of esters is 1. The fraction of sp³-hybridized carbons (Fsp3) is 0.846. The Morgan fingerprint density at radius 2 is 1.95 bits per heavy atom. The first-order valence-corrected chi connectivity index (χ1v) is 6.55. The highest BCUT2D eigenvalue weighted by Gasteiger charge is 2.35. The number of aliphatic hydroxyl groups excluding tert-OH is 1. The number of carbonyl (C=O) groups excluding carboxylic acids is 2. The van der Waals surface area contributed by atoms with Crippen LogP contribution in [-0.2, 0) is 14.3 Å². The number of nitrogens with zero attached hydrogens (tertiary/aromatic N) is 1. The van der Waals surface area contributed by atoms with Crippen molar-refractivity contribution >= 4 is 12.1 Å². The van der Waals surface area contributed by atoms with Gasteiger partial charge in [-0.05, 0) is 34.1 Å². The molecule has 1 amide bonds. The summed E-state index contributed by atoms with van der Waals surface area (Å²) in [6.07, 6.45) is -0.922. The summed E-state index contributed by atoms with van der Waals surface area (Å²) < 4.78 is 10.2. The number of hydrogen-bond donors (Lipinski definition) is 1. The number of carbonyl (C=O) groups is 2. The highest BCUT2D eigenvalue weighted by atomic mass is 16.6. The van der Waals surface area contributed by atoms with Gasteiger partial charge in [-0.15, -0.1) is 0 Å². The molecule has 0 aromatic heterocycles. The van der Waals surface area contributed by atoms with E-state index in [1.807, 2.05) is 0 Å². The maximum Gasteiger partial charge on any atom is 0.410 e. The lowest BCUT2D eigenvalue weighted by molar-refractivity contribution is -0.151. The lowest BCUT2D eigenvalue weighted by Gasteiger charge is -2.35. The summed E-state index contributed by atoms with van der Waals surface area (Å²) in [7, 11) is 0. The fourth-order valence-corrected chi connectivity index (χ4v) is 1.98. The highest BCUT2D eigenvalue weighted by molar-refractivity contribution is 5.75. The maximum atomic E-state index is 11.9. The van der Waals surface area contributed by atoms with Crippen molar-refractivity contribution in [2.24, 2.45) is 5.92 Å². The van der Waals surface area contributed by atoms with E-state index < -0.39 is 23.7 Å². The van der Waals surface area contributed by atoms with Crippen LogP contribution in [0.3, 0.4) is 0 Å².